The summed E-state index contributed by atoms with van der Waals surface area (Å²) in [5.41, 5.74) is 2.47. The Morgan fingerprint density at radius 1 is 1.41 bits per heavy atom. The highest BCUT2D eigenvalue weighted by Gasteiger charge is 2.23. The number of benzene rings is 1. The number of alkyl halides is 1. The monoisotopic (exact) mass is 316 g/mol. The molecule has 1 unspecified atom stereocenters. The van der Waals surface area contributed by atoms with Gasteiger partial charge in [0.1, 0.15) is 0 Å². The molecule has 17 heavy (non-hydrogen) atoms. The fraction of sp³-hybridized carbons (Fsp3) is 0.538. The third kappa shape index (κ3) is 2.78. The number of anilines is 1. The van der Waals surface area contributed by atoms with Crippen LogP contribution in [0.3, 0.4) is 0 Å². The minimum absolute atomic E-state index is 0.572. The standard InChI is InChI=1S/C13H18BrClN2/c1-10-9-17(7-6-16(10)2)13-11(8-14)4-3-5-12(13)15/h3-5,10H,6-9H2,1-2H3. The molecule has 0 bridgehead atoms. The van der Waals surface area contributed by atoms with Crippen molar-refractivity contribution in [3.8, 4) is 0 Å². The molecular formula is C13H18BrClN2. The molecule has 1 saturated heterocycles. The van der Waals surface area contributed by atoms with Gasteiger partial charge in [-0.15, -0.1) is 0 Å². The molecular weight excluding hydrogens is 300 g/mol. The highest BCUT2D eigenvalue weighted by molar-refractivity contribution is 9.08. The molecule has 0 aliphatic carbocycles. The number of hydrogen-bond donors (Lipinski definition) is 0. The van der Waals surface area contributed by atoms with Gasteiger partial charge in [0, 0.05) is 31.0 Å². The molecule has 0 spiro atoms. The molecule has 1 aromatic carbocycles. The average molecular weight is 318 g/mol. The van der Waals surface area contributed by atoms with Crippen LogP contribution in [0.25, 0.3) is 0 Å². The van der Waals surface area contributed by atoms with Crippen molar-refractivity contribution in [1.82, 2.24) is 4.90 Å². The van der Waals surface area contributed by atoms with Gasteiger partial charge in [0.15, 0.2) is 0 Å². The molecule has 0 saturated carbocycles. The van der Waals surface area contributed by atoms with Crippen molar-refractivity contribution < 1.29 is 0 Å². The van der Waals surface area contributed by atoms with E-state index in [1.54, 1.807) is 0 Å². The molecule has 0 radical (unpaired) electrons. The normalized spacial score (nSPS) is 21.9. The molecule has 1 heterocycles. The molecule has 1 aromatic rings. The Morgan fingerprint density at radius 2 is 2.18 bits per heavy atom. The summed E-state index contributed by atoms with van der Waals surface area (Å²) in [5.74, 6) is 0. The predicted molar refractivity (Wildman–Crippen MR) is 78.4 cm³/mol. The fourth-order valence-electron chi connectivity index (χ4n) is 2.27. The maximum atomic E-state index is 6.35. The maximum Gasteiger partial charge on any atom is 0.0642 e. The summed E-state index contributed by atoms with van der Waals surface area (Å²) in [6.45, 7) is 5.44. The number of likely N-dealkylation sites (N-methyl/N-ethyl adjacent to an activating group) is 1. The van der Waals surface area contributed by atoms with Gasteiger partial charge in [0.05, 0.1) is 10.7 Å². The molecule has 0 amide bonds. The minimum Gasteiger partial charge on any atom is -0.367 e. The first-order valence-electron chi connectivity index (χ1n) is 5.92. The molecule has 1 aliphatic rings. The van der Waals surface area contributed by atoms with Gasteiger partial charge in [0.2, 0.25) is 0 Å². The molecule has 1 atom stereocenters. The third-order valence-electron chi connectivity index (χ3n) is 3.49. The molecule has 0 aromatic heterocycles. The van der Waals surface area contributed by atoms with Gasteiger partial charge in [0.25, 0.3) is 0 Å². The molecule has 2 rings (SSSR count). The first-order valence-corrected chi connectivity index (χ1v) is 7.42. The first kappa shape index (κ1) is 13.2. The zero-order valence-corrected chi connectivity index (χ0v) is 12.6. The lowest BCUT2D eigenvalue weighted by Crippen LogP contribution is -2.50. The van der Waals surface area contributed by atoms with E-state index in [9.17, 15) is 0 Å². The topological polar surface area (TPSA) is 6.48 Å². The zero-order valence-electron chi connectivity index (χ0n) is 10.3. The van der Waals surface area contributed by atoms with Gasteiger partial charge in [-0.3, -0.25) is 0 Å². The van der Waals surface area contributed by atoms with Crippen molar-refractivity contribution in [1.29, 1.82) is 0 Å². The van der Waals surface area contributed by atoms with Crippen molar-refractivity contribution in [3.63, 3.8) is 0 Å². The van der Waals surface area contributed by atoms with Crippen LogP contribution in [-0.2, 0) is 5.33 Å². The summed E-state index contributed by atoms with van der Waals surface area (Å²) in [4.78, 5) is 4.80. The van der Waals surface area contributed by atoms with Gasteiger partial charge >= 0.3 is 0 Å². The van der Waals surface area contributed by atoms with E-state index in [0.717, 1.165) is 30.0 Å². The lowest BCUT2D eigenvalue weighted by Gasteiger charge is -2.40. The SMILES string of the molecule is CC1CN(c2c(Cl)cccc2CBr)CCN1C. The summed E-state index contributed by atoms with van der Waals surface area (Å²) in [6.07, 6.45) is 0. The highest BCUT2D eigenvalue weighted by atomic mass is 79.9. The van der Waals surface area contributed by atoms with Crippen LogP contribution in [-0.4, -0.2) is 37.6 Å². The van der Waals surface area contributed by atoms with E-state index in [0.29, 0.717) is 6.04 Å². The predicted octanol–water partition coefficient (Wildman–Crippen LogP) is 3.38. The largest absolute Gasteiger partial charge is 0.367 e. The molecule has 2 nitrogen and oxygen atoms in total. The Bertz CT molecular complexity index is 397. The number of nitrogens with zero attached hydrogens (tertiary/aromatic N) is 2. The first-order chi connectivity index (χ1) is 8.13. The van der Waals surface area contributed by atoms with E-state index in [1.165, 1.54) is 11.3 Å². The Balaban J connectivity index is 2.28. The number of halogens is 2. The van der Waals surface area contributed by atoms with E-state index in [-0.39, 0.29) is 0 Å². The van der Waals surface area contributed by atoms with Crippen LogP contribution in [0.2, 0.25) is 5.02 Å². The zero-order chi connectivity index (χ0) is 12.4. The Kier molecular flexibility index (Phi) is 4.34. The smallest absolute Gasteiger partial charge is 0.0642 e. The van der Waals surface area contributed by atoms with Crippen molar-refractivity contribution in [2.24, 2.45) is 0 Å². The van der Waals surface area contributed by atoms with Crippen LogP contribution in [0.4, 0.5) is 5.69 Å². The van der Waals surface area contributed by atoms with Gasteiger partial charge in [-0.25, -0.2) is 0 Å². The molecule has 4 heteroatoms. The second kappa shape index (κ2) is 5.59. The summed E-state index contributed by atoms with van der Waals surface area (Å²) in [6, 6.07) is 6.70. The second-order valence-corrected chi connectivity index (χ2v) is 5.62. The van der Waals surface area contributed by atoms with Crippen LogP contribution >= 0.6 is 27.5 Å². The maximum absolute atomic E-state index is 6.35. The van der Waals surface area contributed by atoms with Gasteiger partial charge in [-0.05, 0) is 25.6 Å². The van der Waals surface area contributed by atoms with E-state index in [4.69, 9.17) is 11.6 Å². The number of piperazine rings is 1. The van der Waals surface area contributed by atoms with Crippen molar-refractivity contribution in [2.45, 2.75) is 18.3 Å². The molecule has 1 aliphatic heterocycles. The number of rotatable bonds is 2. The van der Waals surface area contributed by atoms with E-state index in [2.05, 4.69) is 45.8 Å². The van der Waals surface area contributed by atoms with E-state index in [1.807, 2.05) is 12.1 Å². The van der Waals surface area contributed by atoms with Crippen LogP contribution in [0.15, 0.2) is 18.2 Å². The summed E-state index contributed by atoms with van der Waals surface area (Å²) >= 11 is 9.89. The van der Waals surface area contributed by atoms with Crippen LogP contribution in [0, 0.1) is 0 Å². The lowest BCUT2D eigenvalue weighted by atomic mass is 10.1. The number of hydrogen-bond acceptors (Lipinski definition) is 2. The van der Waals surface area contributed by atoms with E-state index >= 15 is 0 Å². The number of para-hydroxylation sites is 1. The molecule has 94 valence electrons. The molecule has 1 fully saturated rings. The van der Waals surface area contributed by atoms with Crippen LogP contribution < -0.4 is 4.90 Å². The van der Waals surface area contributed by atoms with Crippen LogP contribution in [0.5, 0.6) is 0 Å². The fourth-order valence-corrected chi connectivity index (χ4v) is 3.04. The van der Waals surface area contributed by atoms with Crippen LogP contribution in [0.1, 0.15) is 12.5 Å². The average Bonchev–Trinajstić information content (AvgIpc) is 2.32. The summed E-state index contributed by atoms with van der Waals surface area (Å²) in [7, 11) is 2.18. The minimum atomic E-state index is 0.572. The van der Waals surface area contributed by atoms with Crippen molar-refractivity contribution >= 4 is 33.2 Å². The van der Waals surface area contributed by atoms with Gasteiger partial charge in [-0.1, -0.05) is 39.7 Å². The Morgan fingerprint density at radius 3 is 2.82 bits per heavy atom. The van der Waals surface area contributed by atoms with Gasteiger partial charge in [-0.2, -0.15) is 0 Å². The lowest BCUT2D eigenvalue weighted by molar-refractivity contribution is 0.234. The summed E-state index contributed by atoms with van der Waals surface area (Å²) < 4.78 is 0. The Hall–Kier alpha value is -0.250. The quantitative estimate of drug-likeness (QED) is 0.772. The second-order valence-electron chi connectivity index (χ2n) is 4.66. The third-order valence-corrected chi connectivity index (χ3v) is 4.40. The van der Waals surface area contributed by atoms with Gasteiger partial charge < -0.3 is 9.80 Å². The molecule has 0 N–H and O–H groups in total. The van der Waals surface area contributed by atoms with Crippen molar-refractivity contribution in [3.05, 3.63) is 28.8 Å². The summed E-state index contributed by atoms with van der Waals surface area (Å²) in [5, 5.41) is 1.71. The van der Waals surface area contributed by atoms with E-state index < -0.39 is 0 Å². The van der Waals surface area contributed by atoms with Crippen molar-refractivity contribution in [2.75, 3.05) is 31.6 Å². The highest BCUT2D eigenvalue weighted by Crippen LogP contribution is 2.32. The Labute approximate surface area is 117 Å².